The fourth-order valence-electron chi connectivity index (χ4n) is 1.26. The zero-order valence-electron chi connectivity index (χ0n) is 8.28. The van der Waals surface area contributed by atoms with Crippen molar-refractivity contribution in [2.45, 2.75) is 13.3 Å². The second kappa shape index (κ2) is 5.45. The van der Waals surface area contributed by atoms with Gasteiger partial charge in [0.15, 0.2) is 0 Å². The second-order valence-electron chi connectivity index (χ2n) is 2.60. The van der Waals surface area contributed by atoms with Crippen LogP contribution >= 0.6 is 23.9 Å². The number of nitrogens with zero attached hydrogens (tertiary/aromatic N) is 1. The van der Waals surface area contributed by atoms with Crippen molar-refractivity contribution in [2.75, 3.05) is 16.2 Å². The summed E-state index contributed by atoms with van der Waals surface area (Å²) in [5, 5.41) is 0. The Balaban J connectivity index is 2.96. The maximum atomic E-state index is 2.23. The lowest BCUT2D eigenvalue weighted by Gasteiger charge is -2.20. The molecule has 1 rings (SSSR count). The normalized spacial score (nSPS) is 10.1. The van der Waals surface area contributed by atoms with Gasteiger partial charge in [-0.2, -0.15) is 0 Å². The quantitative estimate of drug-likeness (QED) is 0.703. The van der Waals surface area contributed by atoms with Crippen LogP contribution in [0, 0.1) is 0 Å². The summed E-state index contributed by atoms with van der Waals surface area (Å²) in [7, 11) is 0. The molecule has 0 N–H and O–H groups in total. The van der Waals surface area contributed by atoms with E-state index in [0.717, 1.165) is 6.42 Å². The molecule has 0 aliphatic heterocycles. The van der Waals surface area contributed by atoms with Gasteiger partial charge in [-0.3, -0.25) is 3.71 Å². The maximum absolute atomic E-state index is 2.23. The Morgan fingerprint density at radius 3 is 2.31 bits per heavy atom. The van der Waals surface area contributed by atoms with E-state index in [4.69, 9.17) is 0 Å². The molecule has 13 heavy (non-hydrogen) atoms. The highest BCUT2D eigenvalue weighted by atomic mass is 32.2. The third-order valence-corrected chi connectivity index (χ3v) is 3.85. The molecule has 0 spiro atoms. The summed E-state index contributed by atoms with van der Waals surface area (Å²) in [5.74, 6) is 0. The minimum Gasteiger partial charge on any atom is -0.259 e. The minimum atomic E-state index is 1.09. The van der Waals surface area contributed by atoms with Crippen LogP contribution in [0.5, 0.6) is 0 Å². The molecule has 0 amide bonds. The van der Waals surface area contributed by atoms with Gasteiger partial charge in [0.05, 0.1) is 5.69 Å². The SMILES string of the molecule is CCc1ccccc1N(SC)SC. The van der Waals surface area contributed by atoms with Gasteiger partial charge < -0.3 is 0 Å². The first-order valence-corrected chi connectivity index (χ1v) is 6.66. The molecule has 0 aliphatic carbocycles. The van der Waals surface area contributed by atoms with Crippen molar-refractivity contribution in [2.24, 2.45) is 0 Å². The van der Waals surface area contributed by atoms with Crippen LogP contribution < -0.4 is 3.71 Å². The molecule has 0 saturated heterocycles. The van der Waals surface area contributed by atoms with Crippen molar-refractivity contribution in [3.05, 3.63) is 29.8 Å². The first-order chi connectivity index (χ1) is 6.33. The van der Waals surface area contributed by atoms with Gasteiger partial charge in [-0.1, -0.05) is 25.1 Å². The highest BCUT2D eigenvalue weighted by molar-refractivity contribution is 8.17. The molecule has 0 fully saturated rings. The van der Waals surface area contributed by atoms with E-state index < -0.39 is 0 Å². The van der Waals surface area contributed by atoms with Crippen LogP contribution in [0.15, 0.2) is 24.3 Å². The Kier molecular flexibility index (Phi) is 4.53. The van der Waals surface area contributed by atoms with Crippen LogP contribution in [-0.4, -0.2) is 12.5 Å². The fraction of sp³-hybridized carbons (Fsp3) is 0.400. The summed E-state index contributed by atoms with van der Waals surface area (Å²) in [6.07, 6.45) is 5.29. The summed E-state index contributed by atoms with van der Waals surface area (Å²) < 4.78 is 2.23. The molecular weight excluding hydrogens is 198 g/mol. The van der Waals surface area contributed by atoms with Crippen LogP contribution in [0.25, 0.3) is 0 Å². The summed E-state index contributed by atoms with van der Waals surface area (Å²) in [6, 6.07) is 8.55. The van der Waals surface area contributed by atoms with Crippen LogP contribution in [0.2, 0.25) is 0 Å². The van der Waals surface area contributed by atoms with E-state index >= 15 is 0 Å². The molecule has 0 heterocycles. The number of hydrogen-bond acceptors (Lipinski definition) is 3. The van der Waals surface area contributed by atoms with Crippen molar-refractivity contribution >= 4 is 29.6 Å². The number of anilines is 1. The van der Waals surface area contributed by atoms with E-state index in [0.29, 0.717) is 0 Å². The second-order valence-corrected chi connectivity index (χ2v) is 4.30. The van der Waals surface area contributed by atoms with Crippen LogP contribution in [0.1, 0.15) is 12.5 Å². The summed E-state index contributed by atoms with van der Waals surface area (Å²) in [5.41, 5.74) is 2.73. The van der Waals surface area contributed by atoms with E-state index in [2.05, 4.69) is 47.4 Å². The maximum Gasteiger partial charge on any atom is 0.0626 e. The van der Waals surface area contributed by atoms with Gasteiger partial charge in [-0.15, -0.1) is 0 Å². The Morgan fingerprint density at radius 2 is 1.77 bits per heavy atom. The highest BCUT2D eigenvalue weighted by Crippen LogP contribution is 2.30. The van der Waals surface area contributed by atoms with Crippen LogP contribution in [0.4, 0.5) is 5.69 Å². The summed E-state index contributed by atoms with van der Waals surface area (Å²) >= 11 is 3.50. The molecule has 1 aromatic rings. The topological polar surface area (TPSA) is 3.24 Å². The number of para-hydroxylation sites is 1. The van der Waals surface area contributed by atoms with Crippen molar-refractivity contribution in [1.82, 2.24) is 0 Å². The first kappa shape index (κ1) is 10.8. The van der Waals surface area contributed by atoms with Crippen molar-refractivity contribution in [3.8, 4) is 0 Å². The van der Waals surface area contributed by atoms with Crippen molar-refractivity contribution in [3.63, 3.8) is 0 Å². The van der Waals surface area contributed by atoms with Gasteiger partial charge in [-0.05, 0) is 41.9 Å². The van der Waals surface area contributed by atoms with E-state index in [9.17, 15) is 0 Å². The van der Waals surface area contributed by atoms with E-state index in [1.54, 1.807) is 23.9 Å². The number of hydrogen-bond donors (Lipinski definition) is 0. The predicted molar refractivity (Wildman–Crippen MR) is 65.3 cm³/mol. The minimum absolute atomic E-state index is 1.09. The Morgan fingerprint density at radius 1 is 1.15 bits per heavy atom. The van der Waals surface area contributed by atoms with Crippen molar-refractivity contribution < 1.29 is 0 Å². The van der Waals surface area contributed by atoms with Gasteiger partial charge >= 0.3 is 0 Å². The van der Waals surface area contributed by atoms with Crippen molar-refractivity contribution in [1.29, 1.82) is 0 Å². The average molecular weight is 213 g/mol. The molecule has 0 radical (unpaired) electrons. The largest absolute Gasteiger partial charge is 0.259 e. The zero-order valence-corrected chi connectivity index (χ0v) is 9.91. The van der Waals surface area contributed by atoms with E-state index in [1.165, 1.54) is 11.3 Å². The Labute approximate surface area is 89.2 Å². The lowest BCUT2D eigenvalue weighted by Crippen LogP contribution is -2.04. The first-order valence-electron chi connectivity index (χ1n) is 4.29. The molecule has 0 aromatic heterocycles. The van der Waals surface area contributed by atoms with Gasteiger partial charge in [0.2, 0.25) is 0 Å². The highest BCUT2D eigenvalue weighted by Gasteiger charge is 2.06. The zero-order chi connectivity index (χ0) is 9.68. The van der Waals surface area contributed by atoms with Gasteiger partial charge in [0, 0.05) is 12.5 Å². The van der Waals surface area contributed by atoms with E-state index in [-0.39, 0.29) is 0 Å². The standard InChI is InChI=1S/C10H15NS2/c1-4-9-7-5-6-8-10(9)11(12-2)13-3/h5-8H,4H2,1-3H3. The summed E-state index contributed by atoms with van der Waals surface area (Å²) in [6.45, 7) is 2.19. The molecule has 0 aliphatic rings. The third kappa shape index (κ3) is 2.58. The van der Waals surface area contributed by atoms with Gasteiger partial charge in [0.25, 0.3) is 0 Å². The molecule has 0 atom stereocenters. The Hall–Kier alpha value is -0.280. The molecule has 72 valence electrons. The number of rotatable bonds is 4. The number of benzene rings is 1. The monoisotopic (exact) mass is 213 g/mol. The summed E-state index contributed by atoms with van der Waals surface area (Å²) in [4.78, 5) is 0. The average Bonchev–Trinajstić information content (AvgIpc) is 2.20. The molecular formula is C10H15NS2. The molecule has 0 bridgehead atoms. The molecule has 0 unspecified atom stereocenters. The predicted octanol–water partition coefficient (Wildman–Crippen LogP) is 3.61. The lowest BCUT2D eigenvalue weighted by atomic mass is 10.1. The van der Waals surface area contributed by atoms with Crippen LogP contribution in [0.3, 0.4) is 0 Å². The van der Waals surface area contributed by atoms with Gasteiger partial charge in [0.1, 0.15) is 0 Å². The fourth-order valence-corrected chi connectivity index (χ4v) is 2.61. The molecule has 3 heteroatoms. The third-order valence-electron chi connectivity index (χ3n) is 1.90. The Bertz CT molecular complexity index is 259. The number of aryl methyl sites for hydroxylation is 1. The lowest BCUT2D eigenvalue weighted by molar-refractivity contribution is 1.14. The molecule has 0 saturated carbocycles. The molecule has 1 aromatic carbocycles. The van der Waals surface area contributed by atoms with E-state index in [1.807, 2.05) is 0 Å². The smallest absolute Gasteiger partial charge is 0.0626 e. The van der Waals surface area contributed by atoms with Crippen LogP contribution in [-0.2, 0) is 6.42 Å². The molecule has 1 nitrogen and oxygen atoms in total. The van der Waals surface area contributed by atoms with Gasteiger partial charge in [-0.25, -0.2) is 0 Å².